The summed E-state index contributed by atoms with van der Waals surface area (Å²) in [5.41, 5.74) is 11.8. The Balaban J connectivity index is 2.40. The van der Waals surface area contributed by atoms with Crippen LogP contribution in [0.3, 0.4) is 0 Å². The van der Waals surface area contributed by atoms with Gasteiger partial charge in [0.2, 0.25) is 0 Å². The van der Waals surface area contributed by atoms with Crippen molar-refractivity contribution in [1.82, 2.24) is 0 Å². The minimum absolute atomic E-state index is 0.345. The first kappa shape index (κ1) is 10.9. The lowest BCUT2D eigenvalue weighted by Crippen LogP contribution is -2.07. The molecule has 0 aromatic heterocycles. The van der Waals surface area contributed by atoms with E-state index in [1.54, 1.807) is 6.08 Å². The molecule has 0 bridgehead atoms. The van der Waals surface area contributed by atoms with Gasteiger partial charge in [-0.05, 0) is 24.8 Å². The summed E-state index contributed by atoms with van der Waals surface area (Å²) in [6.07, 6.45) is 12.2. The quantitative estimate of drug-likeness (QED) is 0.675. The van der Waals surface area contributed by atoms with Crippen molar-refractivity contribution in [3.05, 3.63) is 36.2 Å². The van der Waals surface area contributed by atoms with E-state index >= 15 is 0 Å². The predicted octanol–water partition coefficient (Wildman–Crippen LogP) is 2.44. The minimum atomic E-state index is 0.345. The molecule has 0 spiro atoms. The smallest absolute Gasteiger partial charge is 0.0933 e. The molecule has 4 N–H and O–H groups in total. The Morgan fingerprint density at radius 3 is 2.36 bits per heavy atom. The molecule has 0 atom stereocenters. The zero-order valence-corrected chi connectivity index (χ0v) is 8.71. The van der Waals surface area contributed by atoms with Crippen LogP contribution in [0.25, 0.3) is 0 Å². The molecule has 0 saturated heterocycles. The van der Waals surface area contributed by atoms with E-state index in [2.05, 4.69) is 6.58 Å². The van der Waals surface area contributed by atoms with Crippen molar-refractivity contribution in [2.24, 2.45) is 17.4 Å². The second-order valence-corrected chi connectivity index (χ2v) is 3.94. The maximum atomic E-state index is 5.32. The van der Waals surface area contributed by atoms with Gasteiger partial charge in [0, 0.05) is 0 Å². The van der Waals surface area contributed by atoms with Crippen LogP contribution in [0.2, 0.25) is 0 Å². The van der Waals surface area contributed by atoms with Crippen molar-refractivity contribution >= 4 is 0 Å². The fourth-order valence-electron chi connectivity index (χ4n) is 1.89. The highest BCUT2D eigenvalue weighted by molar-refractivity contribution is 5.22. The van der Waals surface area contributed by atoms with Gasteiger partial charge in [-0.2, -0.15) is 0 Å². The Labute approximate surface area is 86.4 Å². The summed E-state index contributed by atoms with van der Waals surface area (Å²) in [5.74, 6) is 1.02. The highest BCUT2D eigenvalue weighted by atomic mass is 14.8. The highest BCUT2D eigenvalue weighted by Gasteiger charge is 2.13. The van der Waals surface area contributed by atoms with Gasteiger partial charge in [-0.25, -0.2) is 0 Å². The van der Waals surface area contributed by atoms with Crippen molar-refractivity contribution in [2.75, 3.05) is 0 Å². The predicted molar refractivity (Wildman–Crippen MR) is 61.3 cm³/mol. The molecule has 0 aromatic rings. The number of allylic oxidation sites excluding steroid dienone is 4. The SMILES string of the molecule is C=C(/C=C\C=C(N)N)C1CCCCC1. The first-order chi connectivity index (χ1) is 6.70. The molecule has 0 aromatic carbocycles. The maximum absolute atomic E-state index is 5.32. The van der Waals surface area contributed by atoms with Gasteiger partial charge in [0.1, 0.15) is 0 Å². The van der Waals surface area contributed by atoms with Gasteiger partial charge in [-0.1, -0.05) is 43.6 Å². The van der Waals surface area contributed by atoms with E-state index in [9.17, 15) is 0 Å². The molecule has 0 aliphatic heterocycles. The lowest BCUT2D eigenvalue weighted by Gasteiger charge is -2.21. The lowest BCUT2D eigenvalue weighted by molar-refractivity contribution is 0.409. The van der Waals surface area contributed by atoms with E-state index in [1.807, 2.05) is 12.2 Å². The molecule has 1 rings (SSSR count). The third-order valence-corrected chi connectivity index (χ3v) is 2.73. The molecule has 1 fully saturated rings. The van der Waals surface area contributed by atoms with E-state index in [1.165, 1.54) is 37.7 Å². The molecule has 1 saturated carbocycles. The monoisotopic (exact) mass is 192 g/mol. The highest BCUT2D eigenvalue weighted by Crippen LogP contribution is 2.29. The van der Waals surface area contributed by atoms with Crippen LogP contribution < -0.4 is 11.5 Å². The third-order valence-electron chi connectivity index (χ3n) is 2.73. The van der Waals surface area contributed by atoms with Gasteiger partial charge in [0.05, 0.1) is 5.82 Å². The van der Waals surface area contributed by atoms with Gasteiger partial charge >= 0.3 is 0 Å². The normalized spacial score (nSPS) is 18.3. The van der Waals surface area contributed by atoms with Gasteiger partial charge in [-0.15, -0.1) is 0 Å². The van der Waals surface area contributed by atoms with Crippen LogP contribution in [-0.2, 0) is 0 Å². The summed E-state index contributed by atoms with van der Waals surface area (Å²) in [6, 6.07) is 0. The van der Waals surface area contributed by atoms with Crippen LogP contribution in [0.4, 0.5) is 0 Å². The van der Waals surface area contributed by atoms with Crippen LogP contribution in [0, 0.1) is 5.92 Å². The molecule has 0 unspecified atom stereocenters. The maximum Gasteiger partial charge on any atom is 0.0933 e. The summed E-state index contributed by atoms with van der Waals surface area (Å²) in [5, 5.41) is 0. The summed E-state index contributed by atoms with van der Waals surface area (Å²) in [7, 11) is 0. The molecule has 1 aliphatic rings. The van der Waals surface area contributed by atoms with Crippen LogP contribution in [0.5, 0.6) is 0 Å². The molecule has 0 amide bonds. The van der Waals surface area contributed by atoms with E-state index < -0.39 is 0 Å². The van der Waals surface area contributed by atoms with Crippen LogP contribution in [-0.4, -0.2) is 0 Å². The lowest BCUT2D eigenvalue weighted by atomic mass is 9.84. The number of hydrogen-bond donors (Lipinski definition) is 2. The first-order valence-electron chi connectivity index (χ1n) is 5.28. The molecule has 2 heteroatoms. The molecule has 0 radical (unpaired) electrons. The van der Waals surface area contributed by atoms with Crippen LogP contribution in [0.1, 0.15) is 32.1 Å². The fourth-order valence-corrected chi connectivity index (χ4v) is 1.89. The average Bonchev–Trinajstić information content (AvgIpc) is 2.18. The molecule has 14 heavy (non-hydrogen) atoms. The van der Waals surface area contributed by atoms with Gasteiger partial charge in [0.15, 0.2) is 0 Å². The number of nitrogens with two attached hydrogens (primary N) is 2. The second-order valence-electron chi connectivity index (χ2n) is 3.94. The Morgan fingerprint density at radius 1 is 1.14 bits per heavy atom. The first-order valence-corrected chi connectivity index (χ1v) is 5.28. The topological polar surface area (TPSA) is 52.0 Å². The summed E-state index contributed by atoms with van der Waals surface area (Å²) in [6.45, 7) is 4.08. The summed E-state index contributed by atoms with van der Waals surface area (Å²) >= 11 is 0. The number of rotatable bonds is 3. The van der Waals surface area contributed by atoms with E-state index in [4.69, 9.17) is 11.5 Å². The van der Waals surface area contributed by atoms with Crippen molar-refractivity contribution in [3.63, 3.8) is 0 Å². The second kappa shape index (κ2) is 5.53. The van der Waals surface area contributed by atoms with Gasteiger partial charge in [0.25, 0.3) is 0 Å². The fraction of sp³-hybridized carbons (Fsp3) is 0.500. The largest absolute Gasteiger partial charge is 0.386 e. The Kier molecular flexibility index (Phi) is 4.30. The van der Waals surface area contributed by atoms with Gasteiger partial charge < -0.3 is 11.5 Å². The Bertz CT molecular complexity index is 241. The van der Waals surface area contributed by atoms with Crippen molar-refractivity contribution in [2.45, 2.75) is 32.1 Å². The van der Waals surface area contributed by atoms with Crippen LogP contribution >= 0.6 is 0 Å². The van der Waals surface area contributed by atoms with E-state index in [-0.39, 0.29) is 0 Å². The standard InChI is InChI=1S/C12H20N2/c1-10(6-5-9-12(13)14)11-7-3-2-4-8-11/h5-6,9,11H,1-4,7-8,13-14H2/b6-5-. The molecule has 1 aliphatic carbocycles. The summed E-state index contributed by atoms with van der Waals surface area (Å²) in [4.78, 5) is 0. The van der Waals surface area contributed by atoms with Crippen molar-refractivity contribution < 1.29 is 0 Å². The van der Waals surface area contributed by atoms with E-state index in [0.717, 1.165) is 0 Å². The van der Waals surface area contributed by atoms with Gasteiger partial charge in [-0.3, -0.25) is 0 Å². The third kappa shape index (κ3) is 3.69. The Hall–Kier alpha value is -1.18. The molecule has 78 valence electrons. The van der Waals surface area contributed by atoms with Crippen molar-refractivity contribution in [1.29, 1.82) is 0 Å². The van der Waals surface area contributed by atoms with E-state index in [0.29, 0.717) is 11.7 Å². The molecule has 0 heterocycles. The molecule has 2 nitrogen and oxygen atoms in total. The Morgan fingerprint density at radius 2 is 1.79 bits per heavy atom. The average molecular weight is 192 g/mol. The number of hydrogen-bond acceptors (Lipinski definition) is 2. The van der Waals surface area contributed by atoms with Crippen LogP contribution in [0.15, 0.2) is 36.2 Å². The zero-order valence-electron chi connectivity index (χ0n) is 8.71. The minimum Gasteiger partial charge on any atom is -0.386 e. The zero-order chi connectivity index (χ0) is 10.4. The summed E-state index contributed by atoms with van der Waals surface area (Å²) < 4.78 is 0. The molecular weight excluding hydrogens is 172 g/mol. The molecular formula is C12H20N2. The van der Waals surface area contributed by atoms with Crippen molar-refractivity contribution in [3.8, 4) is 0 Å².